The Morgan fingerprint density at radius 2 is 2.06 bits per heavy atom. The molecule has 1 aromatic rings. The van der Waals surface area contributed by atoms with Gasteiger partial charge in [-0.1, -0.05) is 44.5 Å². The molecule has 3 atom stereocenters. The molecule has 2 unspecified atom stereocenters. The van der Waals surface area contributed by atoms with Crippen LogP contribution < -0.4 is 5.32 Å². The molecule has 1 heterocycles. The number of amides is 2. The predicted octanol–water partition coefficient (Wildman–Crippen LogP) is 6.19. The van der Waals surface area contributed by atoms with Gasteiger partial charge in [-0.3, -0.25) is 4.90 Å². The third kappa shape index (κ3) is 4.51. The molecule has 1 fully saturated rings. The van der Waals surface area contributed by atoms with Crippen LogP contribution in [0.1, 0.15) is 77.8 Å². The lowest BCUT2D eigenvalue weighted by atomic mass is 9.68. The number of halogens is 1. The second-order valence-corrected chi connectivity index (χ2v) is 12.1. The lowest BCUT2D eigenvalue weighted by Gasteiger charge is -2.53. The van der Waals surface area contributed by atoms with Crippen LogP contribution in [-0.4, -0.2) is 40.8 Å². The van der Waals surface area contributed by atoms with Crippen molar-refractivity contribution in [1.82, 2.24) is 10.2 Å². The summed E-state index contributed by atoms with van der Waals surface area (Å²) in [7, 11) is 1.72. The summed E-state index contributed by atoms with van der Waals surface area (Å²) in [6.45, 7) is 10.4. The zero-order valence-corrected chi connectivity index (χ0v) is 22.4. The number of methoxy groups -OCH3 is 1. The lowest BCUT2D eigenvalue weighted by molar-refractivity contribution is -0.133. The van der Waals surface area contributed by atoms with E-state index >= 15 is 0 Å². The van der Waals surface area contributed by atoms with Crippen LogP contribution >= 0.6 is 11.6 Å². The van der Waals surface area contributed by atoms with Crippen molar-refractivity contribution in [3.05, 3.63) is 57.3 Å². The van der Waals surface area contributed by atoms with Crippen molar-refractivity contribution < 1.29 is 19.4 Å². The van der Waals surface area contributed by atoms with E-state index in [4.69, 9.17) is 16.3 Å². The standard InChI is InChI=1S/C28H37ClN2O4/c1-17-22(24(32)33)15-27(17,5)31-16-20-13-21(35-6)10-12-28(20,30-25(31)34)19-8-7-18(23(29)14-19)9-11-26(2,3)4/h7-8,14,16,21H,9-13,15H2,1-6H3,(H,30,34)(H,32,33)/t21?,27?,28-/m0/s1. The van der Waals surface area contributed by atoms with Gasteiger partial charge in [0.1, 0.15) is 0 Å². The third-order valence-corrected chi connectivity index (χ3v) is 8.61. The number of hydrogen-bond donors (Lipinski definition) is 2. The average molecular weight is 501 g/mol. The first-order valence-corrected chi connectivity index (χ1v) is 12.8. The number of carboxylic acid groups (broad SMARTS) is 1. The number of carboxylic acids is 1. The van der Waals surface area contributed by atoms with Crippen LogP contribution in [-0.2, 0) is 21.5 Å². The molecule has 0 saturated heterocycles. The molecule has 0 bridgehead atoms. The predicted molar refractivity (Wildman–Crippen MR) is 137 cm³/mol. The average Bonchev–Trinajstić information content (AvgIpc) is 2.79. The summed E-state index contributed by atoms with van der Waals surface area (Å²) in [6, 6.07) is 5.98. The first kappa shape index (κ1) is 25.8. The molecule has 1 saturated carbocycles. The van der Waals surface area contributed by atoms with E-state index in [0.717, 1.165) is 46.6 Å². The zero-order valence-electron chi connectivity index (χ0n) is 21.6. The van der Waals surface area contributed by atoms with Crippen LogP contribution in [0.4, 0.5) is 4.79 Å². The lowest BCUT2D eigenvalue weighted by Crippen LogP contribution is -2.64. The molecule has 1 aliphatic heterocycles. The van der Waals surface area contributed by atoms with Crippen LogP contribution in [0.15, 0.2) is 41.1 Å². The number of aryl methyl sites for hydroxylation is 1. The number of rotatable bonds is 6. The van der Waals surface area contributed by atoms with E-state index in [1.807, 2.05) is 19.2 Å². The van der Waals surface area contributed by atoms with Crippen molar-refractivity contribution in [1.29, 1.82) is 0 Å². The number of hydrogen-bond acceptors (Lipinski definition) is 3. The first-order valence-electron chi connectivity index (χ1n) is 12.4. The highest BCUT2D eigenvalue weighted by Crippen LogP contribution is 2.49. The molecule has 2 aliphatic carbocycles. The van der Waals surface area contributed by atoms with Crippen LogP contribution in [0.3, 0.4) is 0 Å². The van der Waals surface area contributed by atoms with E-state index in [0.29, 0.717) is 24.8 Å². The number of carbonyl (C=O) groups excluding carboxylic acids is 1. The number of nitrogens with one attached hydrogen (secondary N) is 1. The highest BCUT2D eigenvalue weighted by molar-refractivity contribution is 6.31. The number of ether oxygens (including phenoxy) is 1. The normalized spacial score (nSPS) is 28.8. The van der Waals surface area contributed by atoms with Crippen LogP contribution in [0.2, 0.25) is 5.02 Å². The molecule has 2 N–H and O–H groups in total. The van der Waals surface area contributed by atoms with Crippen molar-refractivity contribution in [2.45, 2.75) is 90.3 Å². The Balaban J connectivity index is 1.72. The number of benzene rings is 1. The van der Waals surface area contributed by atoms with Gasteiger partial charge >= 0.3 is 12.0 Å². The van der Waals surface area contributed by atoms with Gasteiger partial charge in [-0.25, -0.2) is 9.59 Å². The Morgan fingerprint density at radius 3 is 2.63 bits per heavy atom. The molecule has 0 spiro atoms. The fourth-order valence-corrected chi connectivity index (χ4v) is 5.92. The molecule has 0 aromatic heterocycles. The molecule has 3 aliphatic rings. The fraction of sp³-hybridized carbons (Fsp3) is 0.571. The van der Waals surface area contributed by atoms with E-state index < -0.39 is 17.0 Å². The molecule has 4 rings (SSSR count). The number of carbonyl (C=O) groups is 2. The van der Waals surface area contributed by atoms with Crippen molar-refractivity contribution in [3.63, 3.8) is 0 Å². The number of aliphatic carboxylic acids is 1. The van der Waals surface area contributed by atoms with Crippen molar-refractivity contribution >= 4 is 23.6 Å². The van der Waals surface area contributed by atoms with Crippen molar-refractivity contribution in [2.75, 3.05) is 7.11 Å². The van der Waals surface area contributed by atoms with Gasteiger partial charge in [0.25, 0.3) is 0 Å². The maximum absolute atomic E-state index is 13.5. The SMILES string of the molecule is COC1CC[C@@]2(c3ccc(CCC(C)(C)C)c(Cl)c3)NC(=O)N(C3(C)CC(C(=O)O)=C3C)C=C2C1. The van der Waals surface area contributed by atoms with Gasteiger partial charge in [0.05, 0.1) is 17.2 Å². The van der Waals surface area contributed by atoms with Crippen LogP contribution in [0.25, 0.3) is 0 Å². The summed E-state index contributed by atoms with van der Waals surface area (Å²) in [5, 5.41) is 13.5. The molecule has 190 valence electrons. The Labute approximate surface area is 213 Å². The van der Waals surface area contributed by atoms with Gasteiger partial charge in [0, 0.05) is 30.3 Å². The maximum atomic E-state index is 13.5. The monoisotopic (exact) mass is 500 g/mol. The van der Waals surface area contributed by atoms with E-state index in [9.17, 15) is 14.7 Å². The van der Waals surface area contributed by atoms with E-state index in [-0.39, 0.29) is 17.6 Å². The molecule has 35 heavy (non-hydrogen) atoms. The van der Waals surface area contributed by atoms with Gasteiger partial charge in [0.2, 0.25) is 0 Å². The van der Waals surface area contributed by atoms with Gasteiger partial charge in [-0.15, -0.1) is 0 Å². The summed E-state index contributed by atoms with van der Waals surface area (Å²) < 4.78 is 5.70. The molecular formula is C28H37ClN2O4. The molecule has 6 nitrogen and oxygen atoms in total. The highest BCUT2D eigenvalue weighted by atomic mass is 35.5. The van der Waals surface area contributed by atoms with Crippen LogP contribution in [0, 0.1) is 5.41 Å². The molecule has 0 radical (unpaired) electrons. The topological polar surface area (TPSA) is 78.9 Å². The Morgan fingerprint density at radius 1 is 1.34 bits per heavy atom. The van der Waals surface area contributed by atoms with Crippen LogP contribution in [0.5, 0.6) is 0 Å². The molecular weight excluding hydrogens is 464 g/mol. The summed E-state index contributed by atoms with van der Waals surface area (Å²) in [5.74, 6) is -0.919. The quantitative estimate of drug-likeness (QED) is 0.488. The van der Waals surface area contributed by atoms with Crippen molar-refractivity contribution in [3.8, 4) is 0 Å². The smallest absolute Gasteiger partial charge is 0.331 e. The van der Waals surface area contributed by atoms with Gasteiger partial charge in [-0.05, 0) is 79.7 Å². The summed E-state index contributed by atoms with van der Waals surface area (Å²) >= 11 is 6.77. The Bertz CT molecular complexity index is 1120. The van der Waals surface area contributed by atoms with Gasteiger partial charge < -0.3 is 15.2 Å². The minimum absolute atomic E-state index is 0.0631. The Kier molecular flexibility index (Phi) is 6.60. The van der Waals surface area contributed by atoms with E-state index in [2.05, 4.69) is 38.2 Å². The molecule has 2 amide bonds. The van der Waals surface area contributed by atoms with E-state index in [1.165, 1.54) is 0 Å². The number of nitrogens with zero attached hydrogens (tertiary/aromatic N) is 1. The summed E-state index contributed by atoms with van der Waals surface area (Å²) in [6.07, 6.45) is 6.47. The summed E-state index contributed by atoms with van der Waals surface area (Å²) in [5.41, 5.74) is 3.17. The van der Waals surface area contributed by atoms with Gasteiger partial charge in [0.15, 0.2) is 0 Å². The van der Waals surface area contributed by atoms with Crippen molar-refractivity contribution in [2.24, 2.45) is 5.41 Å². The first-order chi connectivity index (χ1) is 16.3. The second kappa shape index (κ2) is 8.97. The Hall–Kier alpha value is -2.31. The second-order valence-electron chi connectivity index (χ2n) is 11.7. The third-order valence-electron chi connectivity index (χ3n) is 8.26. The summed E-state index contributed by atoms with van der Waals surface area (Å²) in [4.78, 5) is 26.8. The van der Waals surface area contributed by atoms with E-state index in [1.54, 1.807) is 18.9 Å². The highest BCUT2D eigenvalue weighted by Gasteiger charge is 2.53. The number of fused-ring (bicyclic) bond motifs is 1. The fourth-order valence-electron chi connectivity index (χ4n) is 5.65. The molecule has 1 aromatic carbocycles. The maximum Gasteiger partial charge on any atom is 0.331 e. The molecule has 7 heteroatoms. The minimum Gasteiger partial charge on any atom is -0.478 e. The van der Waals surface area contributed by atoms with Gasteiger partial charge in [-0.2, -0.15) is 0 Å². The number of urea groups is 1. The zero-order chi connectivity index (χ0) is 25.8. The minimum atomic E-state index is -0.919. The largest absolute Gasteiger partial charge is 0.478 e.